The fourth-order valence-electron chi connectivity index (χ4n) is 3.35. The molecule has 0 saturated carbocycles. The molecule has 0 atom stereocenters. The number of fused-ring (bicyclic) bond motifs is 1. The number of nitrogens with zero attached hydrogens (tertiary/aromatic N) is 1. The topological polar surface area (TPSA) is 64.1 Å². The van der Waals surface area contributed by atoms with Gasteiger partial charge in [0, 0.05) is 4.88 Å². The average Bonchev–Trinajstić information content (AvgIpc) is 3.01. The van der Waals surface area contributed by atoms with Crippen LogP contribution in [0.3, 0.4) is 0 Å². The predicted molar refractivity (Wildman–Crippen MR) is 119 cm³/mol. The summed E-state index contributed by atoms with van der Waals surface area (Å²) in [4.78, 5) is 18.9. The molecule has 0 saturated heterocycles. The average molecular weight is 430 g/mol. The maximum atomic E-state index is 13.3. The van der Waals surface area contributed by atoms with Crippen LogP contribution >= 0.6 is 11.3 Å². The first-order chi connectivity index (χ1) is 13.3. The number of hydrogen-bond acceptors (Lipinski definition) is 5. The van der Waals surface area contributed by atoms with Crippen molar-refractivity contribution in [2.24, 2.45) is 0 Å². The Morgan fingerprint density at radius 2 is 1.62 bits per heavy atom. The monoisotopic (exact) mass is 429 g/mol. The summed E-state index contributed by atoms with van der Waals surface area (Å²) in [6.07, 6.45) is 0.0153. The van der Waals surface area contributed by atoms with E-state index in [-0.39, 0.29) is 22.5 Å². The predicted octanol–water partition coefficient (Wildman–Crippen LogP) is 5.27. The molecule has 4 nitrogen and oxygen atoms in total. The Morgan fingerprint density at radius 1 is 1.00 bits per heavy atom. The van der Waals surface area contributed by atoms with Gasteiger partial charge in [-0.2, -0.15) is 0 Å². The smallest absolute Gasteiger partial charge is 0.190 e. The first kappa shape index (κ1) is 21.7. The summed E-state index contributed by atoms with van der Waals surface area (Å²) in [7, 11) is -3.85. The number of carbonyl (C=O) groups is 1. The molecule has 0 aliphatic carbocycles. The van der Waals surface area contributed by atoms with Gasteiger partial charge in [0.15, 0.2) is 15.6 Å². The second-order valence-electron chi connectivity index (χ2n) is 8.89. The molecule has 154 valence electrons. The Labute approximate surface area is 176 Å². The normalized spacial score (nSPS) is 13.0. The van der Waals surface area contributed by atoms with Gasteiger partial charge in [-0.25, -0.2) is 13.4 Å². The standard InChI is InChI=1S/C23H27NO3S2/c1-15-21(22(2,3)4)28-20(24-15)14-19(25)23(5,6)29(26,27)18-12-11-16-9-7-8-10-17(16)13-18/h7-13H,14H2,1-6H3. The number of Topliss-reactive ketones (excluding diaryl/α,β-unsaturated/α-hetero) is 1. The molecular weight excluding hydrogens is 402 g/mol. The third kappa shape index (κ3) is 4.01. The van der Waals surface area contributed by atoms with Crippen molar-refractivity contribution in [3.05, 3.63) is 58.0 Å². The number of benzene rings is 2. The zero-order valence-corrected chi connectivity index (χ0v) is 19.4. The molecule has 0 amide bonds. The minimum Gasteiger partial charge on any atom is -0.297 e. The lowest BCUT2D eigenvalue weighted by Crippen LogP contribution is -2.41. The van der Waals surface area contributed by atoms with Crippen LogP contribution in [0.4, 0.5) is 0 Å². The molecule has 0 N–H and O–H groups in total. The van der Waals surface area contributed by atoms with E-state index in [4.69, 9.17) is 0 Å². The Balaban J connectivity index is 1.93. The Bertz CT molecular complexity index is 1180. The summed E-state index contributed by atoms with van der Waals surface area (Å²) in [5.41, 5.74) is 0.843. The second kappa shape index (κ2) is 7.33. The van der Waals surface area contributed by atoms with E-state index in [1.807, 2.05) is 31.2 Å². The van der Waals surface area contributed by atoms with Crippen molar-refractivity contribution in [1.82, 2.24) is 4.98 Å². The molecule has 3 aromatic rings. The van der Waals surface area contributed by atoms with Crippen LogP contribution in [-0.2, 0) is 26.5 Å². The molecular formula is C23H27NO3S2. The second-order valence-corrected chi connectivity index (χ2v) is 12.5. The van der Waals surface area contributed by atoms with Gasteiger partial charge >= 0.3 is 0 Å². The van der Waals surface area contributed by atoms with E-state index < -0.39 is 14.6 Å². The van der Waals surface area contributed by atoms with Gasteiger partial charge in [0.1, 0.15) is 9.75 Å². The minimum atomic E-state index is -3.85. The number of ketones is 1. The zero-order chi connectivity index (χ0) is 21.6. The number of thiazole rings is 1. The maximum absolute atomic E-state index is 13.3. The van der Waals surface area contributed by atoms with Gasteiger partial charge in [0.05, 0.1) is 17.0 Å². The van der Waals surface area contributed by atoms with Gasteiger partial charge in [-0.15, -0.1) is 11.3 Å². The van der Waals surface area contributed by atoms with Crippen LogP contribution in [0.25, 0.3) is 10.8 Å². The fourth-order valence-corrected chi connectivity index (χ4v) is 5.96. The molecule has 2 aromatic carbocycles. The third-order valence-electron chi connectivity index (χ3n) is 5.21. The summed E-state index contributed by atoms with van der Waals surface area (Å²) in [5.74, 6) is -0.347. The Hall–Kier alpha value is -2.05. The molecule has 3 rings (SSSR count). The lowest BCUT2D eigenvalue weighted by Gasteiger charge is -2.23. The molecule has 0 radical (unpaired) electrons. The summed E-state index contributed by atoms with van der Waals surface area (Å²) in [6.45, 7) is 11.2. The number of hydrogen-bond donors (Lipinski definition) is 0. The van der Waals surface area contributed by atoms with E-state index in [0.717, 1.165) is 21.3 Å². The Kier molecular flexibility index (Phi) is 5.47. The van der Waals surface area contributed by atoms with E-state index in [1.54, 1.807) is 18.2 Å². The van der Waals surface area contributed by atoms with Crippen molar-refractivity contribution < 1.29 is 13.2 Å². The molecule has 0 aliphatic rings. The number of rotatable bonds is 5. The number of aryl methyl sites for hydroxylation is 1. The lowest BCUT2D eigenvalue weighted by atomic mass is 9.93. The number of aromatic nitrogens is 1. The minimum absolute atomic E-state index is 0.0153. The molecule has 1 aromatic heterocycles. The largest absolute Gasteiger partial charge is 0.297 e. The summed E-state index contributed by atoms with van der Waals surface area (Å²) < 4.78 is 25.1. The highest BCUT2D eigenvalue weighted by Gasteiger charge is 2.42. The van der Waals surface area contributed by atoms with Crippen LogP contribution in [0.2, 0.25) is 0 Å². The first-order valence-corrected chi connectivity index (χ1v) is 11.9. The molecule has 0 fully saturated rings. The highest BCUT2D eigenvalue weighted by atomic mass is 32.2. The van der Waals surface area contributed by atoms with Gasteiger partial charge < -0.3 is 0 Å². The molecule has 0 aliphatic heterocycles. The molecule has 0 spiro atoms. The molecule has 0 unspecified atom stereocenters. The van der Waals surface area contributed by atoms with Crippen LogP contribution in [0.15, 0.2) is 47.4 Å². The summed E-state index contributed by atoms with van der Waals surface area (Å²) in [5, 5.41) is 2.46. The first-order valence-electron chi connectivity index (χ1n) is 9.57. The summed E-state index contributed by atoms with van der Waals surface area (Å²) >= 11 is 1.49. The van der Waals surface area contributed by atoms with Crippen LogP contribution < -0.4 is 0 Å². The van der Waals surface area contributed by atoms with E-state index in [1.165, 1.54) is 25.2 Å². The van der Waals surface area contributed by atoms with Gasteiger partial charge in [0.2, 0.25) is 0 Å². The highest BCUT2D eigenvalue weighted by molar-refractivity contribution is 7.93. The van der Waals surface area contributed by atoms with Crippen molar-refractivity contribution >= 4 is 37.7 Å². The van der Waals surface area contributed by atoms with E-state index in [2.05, 4.69) is 25.8 Å². The van der Waals surface area contributed by atoms with E-state index >= 15 is 0 Å². The fraction of sp³-hybridized carbons (Fsp3) is 0.391. The molecule has 29 heavy (non-hydrogen) atoms. The molecule has 6 heteroatoms. The molecule has 0 bridgehead atoms. The van der Waals surface area contributed by atoms with Crippen molar-refractivity contribution in [2.75, 3.05) is 0 Å². The van der Waals surface area contributed by atoms with Crippen LogP contribution in [-0.4, -0.2) is 23.9 Å². The van der Waals surface area contributed by atoms with Crippen molar-refractivity contribution in [1.29, 1.82) is 0 Å². The highest BCUT2D eigenvalue weighted by Crippen LogP contribution is 2.34. The van der Waals surface area contributed by atoms with Crippen molar-refractivity contribution in [3.8, 4) is 0 Å². The van der Waals surface area contributed by atoms with Gasteiger partial charge in [-0.05, 0) is 49.1 Å². The maximum Gasteiger partial charge on any atom is 0.190 e. The van der Waals surface area contributed by atoms with Crippen LogP contribution in [0, 0.1) is 6.92 Å². The van der Waals surface area contributed by atoms with E-state index in [9.17, 15) is 13.2 Å². The lowest BCUT2D eigenvalue weighted by molar-refractivity contribution is -0.120. The summed E-state index contributed by atoms with van der Waals surface area (Å²) in [6, 6.07) is 12.6. The number of sulfone groups is 1. The van der Waals surface area contributed by atoms with Gasteiger partial charge in [-0.1, -0.05) is 51.1 Å². The van der Waals surface area contributed by atoms with Crippen LogP contribution in [0.1, 0.15) is 50.2 Å². The van der Waals surface area contributed by atoms with Crippen molar-refractivity contribution in [3.63, 3.8) is 0 Å². The van der Waals surface area contributed by atoms with Crippen LogP contribution in [0.5, 0.6) is 0 Å². The number of carbonyl (C=O) groups excluding carboxylic acids is 1. The Morgan fingerprint density at radius 3 is 2.21 bits per heavy atom. The third-order valence-corrected chi connectivity index (χ3v) is 9.24. The van der Waals surface area contributed by atoms with Gasteiger partial charge in [0.25, 0.3) is 0 Å². The zero-order valence-electron chi connectivity index (χ0n) is 17.7. The molecule has 1 heterocycles. The van der Waals surface area contributed by atoms with Crippen molar-refractivity contribution in [2.45, 2.75) is 63.0 Å². The van der Waals surface area contributed by atoms with Gasteiger partial charge in [-0.3, -0.25) is 4.79 Å². The SMILES string of the molecule is Cc1nc(CC(=O)C(C)(C)S(=O)(=O)c2ccc3ccccc3c2)sc1C(C)(C)C. The quantitative estimate of drug-likeness (QED) is 0.554. The van der Waals surface area contributed by atoms with E-state index in [0.29, 0.717) is 5.01 Å².